The predicted molar refractivity (Wildman–Crippen MR) is 117 cm³/mol. The van der Waals surface area contributed by atoms with E-state index in [4.69, 9.17) is 9.15 Å². The van der Waals surface area contributed by atoms with E-state index in [1.807, 2.05) is 74.2 Å². The third kappa shape index (κ3) is 4.02. The number of hydrogen-bond acceptors (Lipinski definition) is 5. The molecule has 3 aromatic rings. The number of benzene rings is 2. The summed E-state index contributed by atoms with van der Waals surface area (Å²) in [4.78, 5) is 20.3. The molecule has 1 unspecified atom stereocenters. The van der Waals surface area contributed by atoms with Gasteiger partial charge in [-0.1, -0.05) is 30.3 Å². The normalized spacial score (nSPS) is 16.0. The Labute approximate surface area is 176 Å². The van der Waals surface area contributed by atoms with Gasteiger partial charge in [0.25, 0.3) is 0 Å². The maximum atomic E-state index is 12.2. The van der Waals surface area contributed by atoms with Gasteiger partial charge in [-0.05, 0) is 44.5 Å². The lowest BCUT2D eigenvalue weighted by molar-refractivity contribution is 0.151. The molecule has 4 rings (SSSR count). The second-order valence-corrected chi connectivity index (χ2v) is 7.35. The zero-order valence-corrected chi connectivity index (χ0v) is 17.5. The fourth-order valence-electron chi connectivity index (χ4n) is 3.54. The van der Waals surface area contributed by atoms with Gasteiger partial charge in [-0.3, -0.25) is 9.80 Å². The average molecular weight is 406 g/mol. The number of aryl methyl sites for hydroxylation is 1. The second-order valence-electron chi connectivity index (χ2n) is 7.35. The summed E-state index contributed by atoms with van der Waals surface area (Å²) in [6.45, 7) is 7.56. The van der Waals surface area contributed by atoms with E-state index in [-0.39, 0.29) is 12.1 Å². The fraction of sp³-hybridized carbons (Fsp3) is 0.304. The van der Waals surface area contributed by atoms with Crippen LogP contribution in [0.5, 0.6) is 0 Å². The first-order valence-corrected chi connectivity index (χ1v) is 10.1. The summed E-state index contributed by atoms with van der Waals surface area (Å²) in [7, 11) is 0. The monoisotopic (exact) mass is 406 g/mol. The second kappa shape index (κ2) is 8.59. The maximum absolute atomic E-state index is 12.2. The van der Waals surface area contributed by atoms with Crippen molar-refractivity contribution >= 4 is 23.4 Å². The number of oxazole rings is 1. The molecule has 1 atom stereocenters. The number of rotatable bonds is 7. The van der Waals surface area contributed by atoms with Crippen LogP contribution in [-0.4, -0.2) is 36.9 Å². The molecule has 7 heteroatoms. The molecule has 1 aliphatic heterocycles. The standard InChI is InChI=1S/C23H26N4O3/c1-4-29-15-27(20-11-6-5-8-16(20)2)23-24-13-21(30-23)18-9-7-10-19(12-18)26-14-17(3)25-22(26)28/h5-13,17H,4,14-15H2,1-3H3,(H,25,28). The highest BCUT2D eigenvalue weighted by molar-refractivity contribution is 5.95. The molecule has 1 aromatic heterocycles. The Kier molecular flexibility index (Phi) is 5.72. The molecule has 2 aromatic carbocycles. The number of ether oxygens (including phenoxy) is 1. The van der Waals surface area contributed by atoms with Crippen molar-refractivity contribution in [2.24, 2.45) is 0 Å². The maximum Gasteiger partial charge on any atom is 0.322 e. The number of hydrogen-bond donors (Lipinski definition) is 1. The number of nitrogens with zero attached hydrogens (tertiary/aromatic N) is 3. The van der Waals surface area contributed by atoms with Crippen LogP contribution in [0.15, 0.2) is 59.1 Å². The quantitative estimate of drug-likeness (QED) is 0.576. The van der Waals surface area contributed by atoms with Gasteiger partial charge in [-0.15, -0.1) is 0 Å². The van der Waals surface area contributed by atoms with Crippen LogP contribution in [0.3, 0.4) is 0 Å². The van der Waals surface area contributed by atoms with Crippen molar-refractivity contribution in [1.29, 1.82) is 0 Å². The molecule has 30 heavy (non-hydrogen) atoms. The number of anilines is 3. The Hall–Kier alpha value is -3.32. The molecule has 2 heterocycles. The number of amides is 2. The average Bonchev–Trinajstić information content (AvgIpc) is 3.36. The molecule has 0 radical (unpaired) electrons. The number of aromatic nitrogens is 1. The molecule has 7 nitrogen and oxygen atoms in total. The first-order chi connectivity index (χ1) is 14.6. The lowest BCUT2D eigenvalue weighted by Gasteiger charge is -2.22. The van der Waals surface area contributed by atoms with E-state index in [1.54, 1.807) is 11.1 Å². The topological polar surface area (TPSA) is 70.8 Å². The van der Waals surface area contributed by atoms with E-state index in [0.29, 0.717) is 31.7 Å². The Morgan fingerprint density at radius 2 is 2.10 bits per heavy atom. The summed E-state index contributed by atoms with van der Waals surface area (Å²) < 4.78 is 11.8. The van der Waals surface area contributed by atoms with Gasteiger partial charge in [0.05, 0.1) is 11.9 Å². The van der Waals surface area contributed by atoms with E-state index >= 15 is 0 Å². The van der Waals surface area contributed by atoms with Crippen molar-refractivity contribution in [3.63, 3.8) is 0 Å². The molecule has 0 saturated carbocycles. The molecule has 1 aliphatic rings. The van der Waals surface area contributed by atoms with Gasteiger partial charge < -0.3 is 14.5 Å². The molecule has 1 saturated heterocycles. The van der Waals surface area contributed by atoms with Crippen LogP contribution in [0.2, 0.25) is 0 Å². The molecule has 0 aliphatic carbocycles. The van der Waals surface area contributed by atoms with Crippen molar-refractivity contribution in [3.8, 4) is 11.3 Å². The summed E-state index contributed by atoms with van der Waals surface area (Å²) >= 11 is 0. The number of nitrogens with one attached hydrogen (secondary N) is 1. The van der Waals surface area contributed by atoms with Crippen LogP contribution >= 0.6 is 0 Å². The first-order valence-electron chi connectivity index (χ1n) is 10.1. The predicted octanol–water partition coefficient (Wildman–Crippen LogP) is 4.70. The van der Waals surface area contributed by atoms with Gasteiger partial charge in [-0.25, -0.2) is 9.78 Å². The molecule has 1 fully saturated rings. The Morgan fingerprint density at radius 1 is 1.27 bits per heavy atom. The summed E-state index contributed by atoms with van der Waals surface area (Å²) in [5.41, 5.74) is 3.78. The van der Waals surface area contributed by atoms with Crippen LogP contribution in [-0.2, 0) is 4.74 Å². The number of carbonyl (C=O) groups excluding carboxylic acids is 1. The van der Waals surface area contributed by atoms with Crippen molar-refractivity contribution in [1.82, 2.24) is 10.3 Å². The molecular formula is C23H26N4O3. The summed E-state index contributed by atoms with van der Waals surface area (Å²) in [6.07, 6.45) is 1.71. The zero-order valence-electron chi connectivity index (χ0n) is 17.5. The minimum Gasteiger partial charge on any atom is -0.423 e. The van der Waals surface area contributed by atoms with E-state index in [9.17, 15) is 4.79 Å². The van der Waals surface area contributed by atoms with Gasteiger partial charge in [0.15, 0.2) is 5.76 Å². The molecular weight excluding hydrogens is 380 g/mol. The van der Waals surface area contributed by atoms with Crippen LogP contribution in [0.1, 0.15) is 19.4 Å². The van der Waals surface area contributed by atoms with Crippen molar-refractivity contribution in [3.05, 3.63) is 60.3 Å². The van der Waals surface area contributed by atoms with Gasteiger partial charge in [-0.2, -0.15) is 0 Å². The third-order valence-corrected chi connectivity index (χ3v) is 5.07. The summed E-state index contributed by atoms with van der Waals surface area (Å²) in [5.74, 6) is 0.634. The van der Waals surface area contributed by atoms with E-state index in [0.717, 1.165) is 22.5 Å². The highest BCUT2D eigenvalue weighted by Crippen LogP contribution is 2.32. The number of urea groups is 1. The van der Waals surface area contributed by atoms with Crippen molar-refractivity contribution in [2.45, 2.75) is 26.8 Å². The molecule has 2 amide bonds. The number of carbonyl (C=O) groups is 1. The van der Waals surface area contributed by atoms with E-state index in [2.05, 4.69) is 10.3 Å². The molecule has 0 bridgehead atoms. The Balaban J connectivity index is 1.63. The summed E-state index contributed by atoms with van der Waals surface area (Å²) in [5, 5.41) is 2.92. The highest BCUT2D eigenvalue weighted by atomic mass is 16.5. The minimum absolute atomic E-state index is 0.0830. The van der Waals surface area contributed by atoms with Gasteiger partial charge in [0.1, 0.15) is 6.73 Å². The van der Waals surface area contributed by atoms with Gasteiger partial charge in [0, 0.05) is 30.4 Å². The van der Waals surface area contributed by atoms with E-state index in [1.165, 1.54) is 0 Å². The molecule has 156 valence electrons. The van der Waals surface area contributed by atoms with Gasteiger partial charge >= 0.3 is 12.0 Å². The van der Waals surface area contributed by atoms with Crippen LogP contribution in [0.25, 0.3) is 11.3 Å². The Bertz CT molecular complexity index is 1030. The third-order valence-electron chi connectivity index (χ3n) is 5.07. The summed E-state index contributed by atoms with van der Waals surface area (Å²) in [6, 6.07) is 16.3. The fourth-order valence-corrected chi connectivity index (χ4v) is 3.54. The van der Waals surface area contributed by atoms with Crippen LogP contribution in [0, 0.1) is 6.92 Å². The highest BCUT2D eigenvalue weighted by Gasteiger charge is 2.27. The largest absolute Gasteiger partial charge is 0.423 e. The smallest absolute Gasteiger partial charge is 0.322 e. The van der Waals surface area contributed by atoms with Crippen LogP contribution in [0.4, 0.5) is 22.2 Å². The van der Waals surface area contributed by atoms with Crippen molar-refractivity contribution < 1.29 is 13.9 Å². The molecule has 1 N–H and O–H groups in total. The zero-order chi connectivity index (χ0) is 21.1. The van der Waals surface area contributed by atoms with E-state index < -0.39 is 0 Å². The lowest BCUT2D eigenvalue weighted by atomic mass is 10.1. The lowest BCUT2D eigenvalue weighted by Crippen LogP contribution is -2.27. The number of para-hydroxylation sites is 1. The molecule has 0 spiro atoms. The van der Waals surface area contributed by atoms with Gasteiger partial charge in [0.2, 0.25) is 0 Å². The Morgan fingerprint density at radius 3 is 2.83 bits per heavy atom. The first kappa shape index (κ1) is 20.0. The minimum atomic E-state index is -0.0830. The van der Waals surface area contributed by atoms with Crippen molar-refractivity contribution in [2.75, 3.05) is 29.7 Å². The van der Waals surface area contributed by atoms with Crippen LogP contribution < -0.4 is 15.1 Å². The SMILES string of the molecule is CCOCN(c1ncc(-c2cccc(N3CC(C)NC3=O)c2)o1)c1ccccc1C.